The first-order valence-corrected chi connectivity index (χ1v) is 10.7. The maximum Gasteiger partial charge on any atom is 0.254 e. The molecule has 28 heavy (non-hydrogen) atoms. The van der Waals surface area contributed by atoms with Gasteiger partial charge >= 0.3 is 0 Å². The molecule has 5 nitrogen and oxygen atoms in total. The summed E-state index contributed by atoms with van der Waals surface area (Å²) >= 11 is 5.89. The second-order valence-electron chi connectivity index (χ2n) is 7.65. The highest BCUT2D eigenvalue weighted by atomic mass is 35.5. The van der Waals surface area contributed by atoms with E-state index in [0.717, 1.165) is 38.8 Å². The lowest BCUT2D eigenvalue weighted by molar-refractivity contribution is -0.132. The van der Waals surface area contributed by atoms with Crippen molar-refractivity contribution < 1.29 is 14.0 Å². The summed E-state index contributed by atoms with van der Waals surface area (Å²) in [6.45, 7) is 3.44. The minimum absolute atomic E-state index is 0.0523. The number of hydrogen-bond acceptors (Lipinski definition) is 3. The lowest BCUT2D eigenvalue weighted by Gasteiger charge is -2.33. The van der Waals surface area contributed by atoms with Crippen LogP contribution in [-0.2, 0) is 4.79 Å². The van der Waals surface area contributed by atoms with Crippen molar-refractivity contribution in [2.45, 2.75) is 51.0 Å². The Kier molecular flexibility index (Phi) is 7.68. The lowest BCUT2D eigenvalue weighted by Crippen LogP contribution is -2.48. The summed E-state index contributed by atoms with van der Waals surface area (Å²) in [5.74, 6) is -0.611. The van der Waals surface area contributed by atoms with Gasteiger partial charge in [0.2, 0.25) is 5.91 Å². The maximum absolute atomic E-state index is 13.5. The minimum atomic E-state index is -0.534. The zero-order valence-corrected chi connectivity index (χ0v) is 17.0. The fraction of sp³-hybridized carbons (Fsp3) is 0.619. The van der Waals surface area contributed by atoms with Crippen LogP contribution in [0.1, 0.15) is 55.3 Å². The van der Waals surface area contributed by atoms with Gasteiger partial charge in [0, 0.05) is 50.7 Å². The van der Waals surface area contributed by atoms with Gasteiger partial charge in [-0.25, -0.2) is 4.39 Å². The van der Waals surface area contributed by atoms with Gasteiger partial charge in [0.25, 0.3) is 5.91 Å². The molecule has 7 heteroatoms. The molecule has 0 atom stereocenters. The summed E-state index contributed by atoms with van der Waals surface area (Å²) in [4.78, 5) is 29.5. The van der Waals surface area contributed by atoms with Crippen molar-refractivity contribution in [1.82, 2.24) is 15.1 Å². The van der Waals surface area contributed by atoms with Gasteiger partial charge in [0.1, 0.15) is 5.82 Å². The molecule has 1 heterocycles. The second kappa shape index (κ2) is 10.2. The van der Waals surface area contributed by atoms with E-state index in [9.17, 15) is 14.0 Å². The van der Waals surface area contributed by atoms with Gasteiger partial charge in [-0.3, -0.25) is 9.59 Å². The van der Waals surface area contributed by atoms with E-state index < -0.39 is 5.82 Å². The van der Waals surface area contributed by atoms with Crippen LogP contribution in [0.25, 0.3) is 0 Å². The Morgan fingerprint density at radius 3 is 2.46 bits per heavy atom. The molecular formula is C21H29ClFN3O2. The molecule has 0 unspecified atom stereocenters. The third-order valence-electron chi connectivity index (χ3n) is 5.73. The molecule has 1 saturated heterocycles. The molecule has 2 fully saturated rings. The molecule has 2 amide bonds. The molecule has 2 aliphatic rings. The van der Waals surface area contributed by atoms with Crippen LogP contribution in [0, 0.1) is 5.82 Å². The summed E-state index contributed by atoms with van der Waals surface area (Å²) in [7, 11) is 0. The lowest BCUT2D eigenvalue weighted by atomic mass is 10.0. The van der Waals surface area contributed by atoms with Crippen molar-refractivity contribution in [1.29, 1.82) is 0 Å². The van der Waals surface area contributed by atoms with E-state index in [4.69, 9.17) is 11.6 Å². The number of halogens is 2. The van der Waals surface area contributed by atoms with E-state index in [1.807, 2.05) is 9.80 Å². The van der Waals surface area contributed by atoms with Crippen molar-refractivity contribution in [3.05, 3.63) is 34.6 Å². The molecule has 0 bridgehead atoms. The molecule has 1 N–H and O–H groups in total. The number of benzene rings is 1. The molecule has 1 aromatic rings. The van der Waals surface area contributed by atoms with E-state index in [1.54, 1.807) is 0 Å². The molecule has 154 valence electrons. The third kappa shape index (κ3) is 5.45. The van der Waals surface area contributed by atoms with Gasteiger partial charge in [-0.2, -0.15) is 0 Å². The fourth-order valence-corrected chi connectivity index (χ4v) is 4.28. The van der Waals surface area contributed by atoms with Crippen LogP contribution in [0.5, 0.6) is 0 Å². The summed E-state index contributed by atoms with van der Waals surface area (Å²) in [6, 6.07) is 4.22. The van der Waals surface area contributed by atoms with Crippen LogP contribution in [0.3, 0.4) is 0 Å². The van der Waals surface area contributed by atoms with E-state index in [1.165, 1.54) is 31.0 Å². The molecule has 0 radical (unpaired) electrons. The molecule has 1 aromatic carbocycles. The van der Waals surface area contributed by atoms with Gasteiger partial charge in [-0.05, 0) is 31.0 Å². The van der Waals surface area contributed by atoms with Crippen molar-refractivity contribution in [2.24, 2.45) is 0 Å². The van der Waals surface area contributed by atoms with Crippen LogP contribution >= 0.6 is 11.6 Å². The molecule has 1 saturated carbocycles. The van der Waals surface area contributed by atoms with Crippen LogP contribution in [-0.4, -0.2) is 60.4 Å². The molecule has 1 aliphatic heterocycles. The predicted molar refractivity (Wildman–Crippen MR) is 108 cm³/mol. The average molecular weight is 410 g/mol. The van der Waals surface area contributed by atoms with E-state index in [0.29, 0.717) is 31.6 Å². The van der Waals surface area contributed by atoms with Crippen molar-refractivity contribution in [2.75, 3.05) is 32.7 Å². The Labute approximate surface area is 171 Å². The van der Waals surface area contributed by atoms with Gasteiger partial charge in [0.15, 0.2) is 0 Å². The Morgan fingerprint density at radius 1 is 1.14 bits per heavy atom. The highest BCUT2D eigenvalue weighted by molar-refractivity contribution is 6.31. The largest absolute Gasteiger partial charge is 0.340 e. The molecule has 0 aromatic heterocycles. The number of piperazine rings is 1. The Bertz CT molecular complexity index is 686. The van der Waals surface area contributed by atoms with Crippen LogP contribution in [0.2, 0.25) is 5.02 Å². The first-order chi connectivity index (χ1) is 13.6. The van der Waals surface area contributed by atoms with Crippen molar-refractivity contribution >= 4 is 23.4 Å². The summed E-state index contributed by atoms with van der Waals surface area (Å²) in [6.07, 6.45) is 6.75. The zero-order valence-electron chi connectivity index (χ0n) is 16.3. The van der Waals surface area contributed by atoms with Gasteiger partial charge in [0.05, 0.1) is 5.02 Å². The number of carbonyl (C=O) groups excluding carboxylic acids is 2. The predicted octanol–water partition coefficient (Wildman–Crippen LogP) is 3.47. The quantitative estimate of drug-likeness (QED) is 0.757. The van der Waals surface area contributed by atoms with Crippen LogP contribution in [0.15, 0.2) is 18.2 Å². The molecule has 1 aliphatic carbocycles. The highest BCUT2D eigenvalue weighted by Crippen LogP contribution is 2.25. The topological polar surface area (TPSA) is 52.7 Å². The molecule has 3 rings (SSSR count). The Balaban J connectivity index is 1.72. The third-order valence-corrected chi connectivity index (χ3v) is 6.02. The highest BCUT2D eigenvalue weighted by Gasteiger charge is 2.27. The van der Waals surface area contributed by atoms with Crippen molar-refractivity contribution in [3.63, 3.8) is 0 Å². The van der Waals surface area contributed by atoms with Crippen LogP contribution in [0.4, 0.5) is 4.39 Å². The second-order valence-corrected chi connectivity index (χ2v) is 8.06. The van der Waals surface area contributed by atoms with Gasteiger partial charge in [-0.1, -0.05) is 37.3 Å². The minimum Gasteiger partial charge on any atom is -0.340 e. The normalized spacial score (nSPS) is 18.6. The maximum atomic E-state index is 13.5. The number of hydrogen-bond donors (Lipinski definition) is 1. The summed E-state index contributed by atoms with van der Waals surface area (Å²) in [5, 5.41) is 3.19. The first kappa shape index (κ1) is 21.1. The van der Waals surface area contributed by atoms with Gasteiger partial charge in [-0.15, -0.1) is 0 Å². The van der Waals surface area contributed by atoms with E-state index >= 15 is 0 Å². The number of nitrogens with one attached hydrogen (secondary N) is 1. The number of rotatable bonds is 5. The van der Waals surface area contributed by atoms with Crippen LogP contribution < -0.4 is 5.32 Å². The number of nitrogens with zero attached hydrogens (tertiary/aromatic N) is 2. The SMILES string of the molecule is O=C(CCN(C(=O)c1ccc(F)c(Cl)c1)C1CCCCCC1)N1CCNCC1. The van der Waals surface area contributed by atoms with Gasteiger partial charge < -0.3 is 15.1 Å². The first-order valence-electron chi connectivity index (χ1n) is 10.3. The number of carbonyl (C=O) groups is 2. The monoisotopic (exact) mass is 409 g/mol. The molecule has 0 spiro atoms. The smallest absolute Gasteiger partial charge is 0.254 e. The standard InChI is InChI=1S/C21H29ClFN3O2/c22-18-15-16(7-8-19(18)23)21(28)26(17-5-3-1-2-4-6-17)12-9-20(27)25-13-10-24-11-14-25/h7-8,15,17,24H,1-6,9-14H2. The fourth-order valence-electron chi connectivity index (χ4n) is 4.10. The summed E-state index contributed by atoms with van der Waals surface area (Å²) in [5.41, 5.74) is 0.380. The van der Waals surface area contributed by atoms with E-state index in [2.05, 4.69) is 5.32 Å². The molecular weight excluding hydrogens is 381 g/mol. The van der Waals surface area contributed by atoms with E-state index in [-0.39, 0.29) is 22.9 Å². The summed E-state index contributed by atoms with van der Waals surface area (Å²) < 4.78 is 13.5. The Morgan fingerprint density at radius 2 is 1.82 bits per heavy atom. The zero-order chi connectivity index (χ0) is 19.9. The van der Waals surface area contributed by atoms with Crippen molar-refractivity contribution in [3.8, 4) is 0 Å². The Hall–Kier alpha value is -1.66. The number of amides is 2. The average Bonchev–Trinajstić information content (AvgIpc) is 3.00.